The van der Waals surface area contributed by atoms with Gasteiger partial charge in [-0.15, -0.1) is 0 Å². The highest BCUT2D eigenvalue weighted by atomic mass is 16.5. The highest BCUT2D eigenvalue weighted by molar-refractivity contribution is 6.01. The van der Waals surface area contributed by atoms with Crippen molar-refractivity contribution in [2.75, 3.05) is 32.8 Å². The molecule has 3 aromatic carbocycles. The van der Waals surface area contributed by atoms with Crippen LogP contribution in [-0.2, 0) is 4.74 Å². The Morgan fingerprint density at radius 2 is 1.21 bits per heavy atom. The first-order chi connectivity index (χ1) is 18.6. The summed E-state index contributed by atoms with van der Waals surface area (Å²) in [6.45, 7) is 2.99. The molecular weight excluding hydrogens is 474 g/mol. The second kappa shape index (κ2) is 13.4. The van der Waals surface area contributed by atoms with Gasteiger partial charge in [0.1, 0.15) is 5.92 Å². The Labute approximate surface area is 224 Å². The molecule has 3 aromatic rings. The van der Waals surface area contributed by atoms with Gasteiger partial charge in [-0.05, 0) is 12.0 Å². The highest BCUT2D eigenvalue weighted by Crippen LogP contribution is 2.40. The number of ether oxygens (including phenoxy) is 1. The van der Waals surface area contributed by atoms with Crippen molar-refractivity contribution in [3.8, 4) is 12.1 Å². The van der Waals surface area contributed by atoms with Crippen molar-refractivity contribution in [2.24, 2.45) is 17.8 Å². The van der Waals surface area contributed by atoms with Gasteiger partial charge in [0, 0.05) is 48.5 Å². The minimum absolute atomic E-state index is 0.0436. The number of nitriles is 2. The van der Waals surface area contributed by atoms with Crippen LogP contribution >= 0.6 is 0 Å². The topological polar surface area (TPSA) is 94.2 Å². The lowest BCUT2D eigenvalue weighted by molar-refractivity contribution is 0.0259. The van der Waals surface area contributed by atoms with Gasteiger partial charge in [-0.1, -0.05) is 91.0 Å². The number of hydrogen-bond donors (Lipinski definition) is 0. The smallest absolute Gasteiger partial charge is 0.167 e. The predicted octanol–water partition coefficient (Wildman–Crippen LogP) is 5.15. The van der Waals surface area contributed by atoms with Gasteiger partial charge in [-0.2, -0.15) is 10.5 Å². The van der Waals surface area contributed by atoms with Crippen LogP contribution in [0.15, 0.2) is 91.0 Å². The van der Waals surface area contributed by atoms with E-state index in [1.165, 1.54) is 0 Å². The number of hydrogen-bond acceptors (Lipinski definition) is 6. The maximum atomic E-state index is 14.2. The van der Waals surface area contributed by atoms with Crippen LogP contribution in [0.25, 0.3) is 0 Å². The van der Waals surface area contributed by atoms with E-state index in [4.69, 9.17) is 4.74 Å². The van der Waals surface area contributed by atoms with Crippen LogP contribution in [0.2, 0.25) is 0 Å². The molecule has 4 rings (SSSR count). The van der Waals surface area contributed by atoms with E-state index in [9.17, 15) is 20.1 Å². The number of carbonyl (C=O) groups is 2. The van der Waals surface area contributed by atoms with Gasteiger partial charge in [0.15, 0.2) is 11.6 Å². The fourth-order valence-corrected chi connectivity index (χ4v) is 5.28. The molecule has 0 saturated carbocycles. The molecule has 192 valence electrons. The first-order valence-corrected chi connectivity index (χ1v) is 12.9. The Bertz CT molecular complexity index is 1260. The second-order valence-electron chi connectivity index (χ2n) is 9.57. The SMILES string of the molecule is N#CC(C#N)C[C@@H](C(=O)c1ccccc1)[C@@H](c1ccccc1)[C@@H](CN1CCOCC1)C(=O)c1ccccc1. The lowest BCUT2D eigenvalue weighted by atomic mass is 9.68. The minimum Gasteiger partial charge on any atom is -0.379 e. The van der Waals surface area contributed by atoms with Crippen molar-refractivity contribution in [1.29, 1.82) is 10.5 Å². The second-order valence-corrected chi connectivity index (χ2v) is 9.57. The molecule has 6 heteroatoms. The molecule has 1 aliphatic rings. The Morgan fingerprint density at radius 3 is 1.71 bits per heavy atom. The van der Waals surface area contributed by atoms with Crippen molar-refractivity contribution in [1.82, 2.24) is 4.90 Å². The number of rotatable bonds is 11. The molecule has 0 aromatic heterocycles. The van der Waals surface area contributed by atoms with E-state index in [1.54, 1.807) is 36.4 Å². The van der Waals surface area contributed by atoms with Crippen molar-refractivity contribution in [2.45, 2.75) is 12.3 Å². The Balaban J connectivity index is 1.86. The molecule has 6 nitrogen and oxygen atoms in total. The number of nitrogens with zero attached hydrogens (tertiary/aromatic N) is 3. The van der Waals surface area contributed by atoms with E-state index >= 15 is 0 Å². The van der Waals surface area contributed by atoms with Crippen LogP contribution in [0.3, 0.4) is 0 Å². The van der Waals surface area contributed by atoms with Gasteiger partial charge in [0.2, 0.25) is 0 Å². The van der Waals surface area contributed by atoms with Crippen LogP contribution in [0.5, 0.6) is 0 Å². The Kier molecular flexibility index (Phi) is 9.54. The van der Waals surface area contributed by atoms with Crippen LogP contribution in [-0.4, -0.2) is 49.3 Å². The molecule has 3 atom stereocenters. The first kappa shape index (κ1) is 26.9. The lowest BCUT2D eigenvalue weighted by Crippen LogP contribution is -2.44. The van der Waals surface area contributed by atoms with Crippen LogP contribution in [0, 0.1) is 40.4 Å². The molecule has 0 N–H and O–H groups in total. The highest BCUT2D eigenvalue weighted by Gasteiger charge is 2.41. The summed E-state index contributed by atoms with van der Waals surface area (Å²) >= 11 is 0. The average Bonchev–Trinajstić information content (AvgIpc) is 2.99. The summed E-state index contributed by atoms with van der Waals surface area (Å²) in [4.78, 5) is 30.6. The molecular formula is C32H31N3O3. The largest absolute Gasteiger partial charge is 0.379 e. The monoisotopic (exact) mass is 505 g/mol. The Hall–Kier alpha value is -4.10. The van der Waals surface area contributed by atoms with Crippen molar-refractivity contribution >= 4 is 11.6 Å². The number of ketones is 2. The molecule has 1 fully saturated rings. The van der Waals surface area contributed by atoms with E-state index in [2.05, 4.69) is 17.0 Å². The number of Topliss-reactive ketones (excluding diaryl/α,β-unsaturated/α-hetero) is 2. The standard InChI is InChI=1S/C32H31N3O3/c33-21-24(22-34)20-28(31(36)26-12-6-2-7-13-26)30(25-10-4-1-5-11-25)29(23-35-16-18-38-19-17-35)32(37)27-14-8-3-9-15-27/h1-15,24,28-30H,16-20,23H2/t28-,29-,30-/m1/s1. The maximum absolute atomic E-state index is 14.2. The third kappa shape index (κ3) is 6.61. The average molecular weight is 506 g/mol. The quantitative estimate of drug-likeness (QED) is 0.334. The van der Waals surface area contributed by atoms with Gasteiger partial charge in [-0.3, -0.25) is 14.5 Å². The zero-order valence-electron chi connectivity index (χ0n) is 21.3. The third-order valence-corrected chi connectivity index (χ3v) is 7.20. The van der Waals surface area contributed by atoms with Crippen LogP contribution in [0.4, 0.5) is 0 Å². The van der Waals surface area contributed by atoms with Crippen molar-refractivity contribution in [3.05, 3.63) is 108 Å². The van der Waals surface area contributed by atoms with Gasteiger partial charge in [0.25, 0.3) is 0 Å². The summed E-state index contributed by atoms with van der Waals surface area (Å²) in [6, 6.07) is 31.8. The molecule has 0 unspecified atom stereocenters. The molecule has 0 bridgehead atoms. The summed E-state index contributed by atoms with van der Waals surface area (Å²) < 4.78 is 5.54. The molecule has 0 spiro atoms. The molecule has 0 radical (unpaired) electrons. The predicted molar refractivity (Wildman–Crippen MR) is 144 cm³/mol. The molecule has 0 amide bonds. The molecule has 0 aliphatic carbocycles. The number of carbonyl (C=O) groups excluding carboxylic acids is 2. The van der Waals surface area contributed by atoms with E-state index in [0.29, 0.717) is 44.0 Å². The normalized spacial score (nSPS) is 16.1. The van der Waals surface area contributed by atoms with E-state index in [-0.39, 0.29) is 18.0 Å². The molecule has 1 saturated heterocycles. The maximum Gasteiger partial charge on any atom is 0.167 e. The first-order valence-electron chi connectivity index (χ1n) is 12.9. The third-order valence-electron chi connectivity index (χ3n) is 7.20. The summed E-state index contributed by atoms with van der Waals surface area (Å²) in [7, 11) is 0. The summed E-state index contributed by atoms with van der Waals surface area (Å²) in [5, 5.41) is 19.4. The fourth-order valence-electron chi connectivity index (χ4n) is 5.28. The van der Waals surface area contributed by atoms with Crippen molar-refractivity contribution < 1.29 is 14.3 Å². The zero-order chi connectivity index (χ0) is 26.7. The van der Waals surface area contributed by atoms with Gasteiger partial charge >= 0.3 is 0 Å². The Morgan fingerprint density at radius 1 is 0.737 bits per heavy atom. The van der Waals surface area contributed by atoms with Gasteiger partial charge < -0.3 is 4.74 Å². The fraction of sp³-hybridized carbons (Fsp3) is 0.312. The lowest BCUT2D eigenvalue weighted by Gasteiger charge is -2.37. The summed E-state index contributed by atoms with van der Waals surface area (Å²) in [5.74, 6) is -3.06. The van der Waals surface area contributed by atoms with Crippen molar-refractivity contribution in [3.63, 3.8) is 0 Å². The van der Waals surface area contributed by atoms with Gasteiger partial charge in [-0.25, -0.2) is 0 Å². The van der Waals surface area contributed by atoms with Crippen LogP contribution in [0.1, 0.15) is 38.6 Å². The van der Waals surface area contributed by atoms with Crippen LogP contribution < -0.4 is 0 Å². The molecule has 1 heterocycles. The minimum atomic E-state index is -0.977. The number of morpholine rings is 1. The van der Waals surface area contributed by atoms with Gasteiger partial charge in [0.05, 0.1) is 25.4 Å². The molecule has 1 aliphatic heterocycles. The summed E-state index contributed by atoms with van der Waals surface area (Å²) in [5.41, 5.74) is 1.93. The summed E-state index contributed by atoms with van der Waals surface area (Å²) in [6.07, 6.45) is 0.0436. The molecule has 38 heavy (non-hydrogen) atoms. The van der Waals surface area contributed by atoms with E-state index in [1.807, 2.05) is 54.6 Å². The zero-order valence-corrected chi connectivity index (χ0v) is 21.3. The van der Waals surface area contributed by atoms with E-state index in [0.717, 1.165) is 5.56 Å². The van der Waals surface area contributed by atoms with E-state index < -0.39 is 23.7 Å². The number of benzene rings is 3.